The van der Waals surface area contributed by atoms with Gasteiger partial charge in [-0.1, -0.05) is 30.3 Å². The van der Waals surface area contributed by atoms with E-state index in [0.29, 0.717) is 0 Å². The highest BCUT2D eigenvalue weighted by Gasteiger charge is 2.09. The SMILES string of the molecule is Cc1cc2sc3ccc(-c4ccccc4)nc3c2cc1C. The lowest BCUT2D eigenvalue weighted by Crippen LogP contribution is -1.84. The molecule has 0 unspecified atom stereocenters. The number of aromatic nitrogens is 1. The predicted octanol–water partition coefficient (Wildman–Crippen LogP) is 5.73. The standard InChI is InChI=1S/C19H15NS/c1-12-10-15-18(11-13(12)2)21-17-9-8-16(20-19(15)17)14-6-4-3-5-7-14/h3-11H,1-2H3. The molecule has 0 radical (unpaired) electrons. The van der Waals surface area contributed by atoms with Gasteiger partial charge in [-0.2, -0.15) is 0 Å². The molecule has 4 aromatic rings. The van der Waals surface area contributed by atoms with Gasteiger partial charge in [-0.15, -0.1) is 11.3 Å². The number of nitrogens with zero attached hydrogens (tertiary/aromatic N) is 1. The number of aryl methyl sites for hydroxylation is 2. The summed E-state index contributed by atoms with van der Waals surface area (Å²) >= 11 is 1.83. The first kappa shape index (κ1) is 12.5. The van der Waals surface area contributed by atoms with Crippen molar-refractivity contribution in [3.63, 3.8) is 0 Å². The zero-order valence-electron chi connectivity index (χ0n) is 12.1. The topological polar surface area (TPSA) is 12.9 Å². The van der Waals surface area contributed by atoms with Crippen LogP contribution < -0.4 is 0 Å². The summed E-state index contributed by atoms with van der Waals surface area (Å²) in [4.78, 5) is 4.91. The summed E-state index contributed by atoms with van der Waals surface area (Å²) in [6.45, 7) is 4.33. The van der Waals surface area contributed by atoms with Gasteiger partial charge in [0, 0.05) is 15.6 Å². The van der Waals surface area contributed by atoms with Crippen LogP contribution in [0.25, 0.3) is 31.6 Å². The van der Waals surface area contributed by atoms with Crippen LogP contribution >= 0.6 is 11.3 Å². The summed E-state index contributed by atoms with van der Waals surface area (Å²) in [5, 5.41) is 1.27. The number of benzene rings is 2. The second-order valence-electron chi connectivity index (χ2n) is 5.44. The van der Waals surface area contributed by atoms with Gasteiger partial charge >= 0.3 is 0 Å². The maximum absolute atomic E-state index is 4.91. The van der Waals surface area contributed by atoms with Gasteiger partial charge in [0.1, 0.15) is 0 Å². The lowest BCUT2D eigenvalue weighted by atomic mass is 10.1. The van der Waals surface area contributed by atoms with Crippen molar-refractivity contribution in [1.82, 2.24) is 4.98 Å². The first-order chi connectivity index (χ1) is 10.2. The van der Waals surface area contributed by atoms with E-state index in [1.807, 2.05) is 17.4 Å². The number of rotatable bonds is 1. The number of hydrogen-bond donors (Lipinski definition) is 0. The van der Waals surface area contributed by atoms with Crippen molar-refractivity contribution < 1.29 is 0 Å². The monoisotopic (exact) mass is 289 g/mol. The molecule has 2 aromatic carbocycles. The van der Waals surface area contributed by atoms with E-state index in [-0.39, 0.29) is 0 Å². The van der Waals surface area contributed by atoms with E-state index in [1.54, 1.807) is 0 Å². The smallest absolute Gasteiger partial charge is 0.0895 e. The molecule has 2 heteroatoms. The van der Waals surface area contributed by atoms with Crippen LogP contribution in [0.2, 0.25) is 0 Å². The van der Waals surface area contributed by atoms with Crippen LogP contribution in [-0.4, -0.2) is 4.98 Å². The number of thiophene rings is 1. The normalized spacial score (nSPS) is 11.3. The molecule has 0 saturated carbocycles. The summed E-state index contributed by atoms with van der Waals surface area (Å²) in [5.41, 5.74) is 6.01. The summed E-state index contributed by atoms with van der Waals surface area (Å²) in [6, 6.07) is 19.2. The van der Waals surface area contributed by atoms with Gasteiger partial charge in [0.25, 0.3) is 0 Å². The number of pyridine rings is 1. The number of hydrogen-bond acceptors (Lipinski definition) is 2. The Labute approximate surface area is 127 Å². The first-order valence-electron chi connectivity index (χ1n) is 7.08. The Balaban J connectivity index is 2.02. The van der Waals surface area contributed by atoms with Crippen LogP contribution in [0.15, 0.2) is 54.6 Å². The zero-order valence-corrected chi connectivity index (χ0v) is 12.9. The molecule has 0 spiro atoms. The van der Waals surface area contributed by atoms with E-state index in [4.69, 9.17) is 4.98 Å². The molecular weight excluding hydrogens is 274 g/mol. The molecule has 0 saturated heterocycles. The van der Waals surface area contributed by atoms with Crippen LogP contribution in [0.3, 0.4) is 0 Å². The summed E-state index contributed by atoms with van der Waals surface area (Å²) in [7, 11) is 0. The molecule has 0 fully saturated rings. The van der Waals surface area contributed by atoms with Crippen LogP contribution in [0.5, 0.6) is 0 Å². The fourth-order valence-corrected chi connectivity index (χ4v) is 3.80. The minimum absolute atomic E-state index is 1.04. The van der Waals surface area contributed by atoms with Gasteiger partial charge in [-0.05, 0) is 49.2 Å². The second kappa shape index (κ2) is 4.68. The quantitative estimate of drug-likeness (QED) is 0.436. The molecule has 0 aliphatic rings. The van der Waals surface area contributed by atoms with Crippen molar-refractivity contribution >= 4 is 31.6 Å². The molecule has 21 heavy (non-hydrogen) atoms. The van der Waals surface area contributed by atoms with Crippen molar-refractivity contribution in [3.8, 4) is 11.3 Å². The third kappa shape index (κ3) is 2.03. The maximum Gasteiger partial charge on any atom is 0.0895 e. The molecule has 0 bridgehead atoms. The minimum atomic E-state index is 1.04. The zero-order chi connectivity index (χ0) is 14.4. The Morgan fingerprint density at radius 3 is 2.38 bits per heavy atom. The highest BCUT2D eigenvalue weighted by atomic mass is 32.1. The number of fused-ring (bicyclic) bond motifs is 3. The van der Waals surface area contributed by atoms with Crippen molar-refractivity contribution in [2.75, 3.05) is 0 Å². The van der Waals surface area contributed by atoms with E-state index < -0.39 is 0 Å². The Kier molecular flexibility index (Phi) is 2.79. The molecule has 0 aliphatic carbocycles. The van der Waals surface area contributed by atoms with Crippen LogP contribution in [0, 0.1) is 13.8 Å². The third-order valence-corrected chi connectivity index (χ3v) is 5.11. The minimum Gasteiger partial charge on any atom is -0.246 e. The molecule has 1 nitrogen and oxygen atoms in total. The molecule has 0 aliphatic heterocycles. The molecule has 102 valence electrons. The average molecular weight is 289 g/mol. The maximum atomic E-state index is 4.91. The molecule has 2 heterocycles. The van der Waals surface area contributed by atoms with Crippen molar-refractivity contribution in [3.05, 3.63) is 65.7 Å². The predicted molar refractivity (Wildman–Crippen MR) is 92.0 cm³/mol. The van der Waals surface area contributed by atoms with Crippen molar-refractivity contribution in [1.29, 1.82) is 0 Å². The van der Waals surface area contributed by atoms with Crippen LogP contribution in [-0.2, 0) is 0 Å². The van der Waals surface area contributed by atoms with Crippen molar-refractivity contribution in [2.45, 2.75) is 13.8 Å². The van der Waals surface area contributed by atoms with E-state index in [9.17, 15) is 0 Å². The molecule has 0 amide bonds. The second-order valence-corrected chi connectivity index (χ2v) is 6.53. The van der Waals surface area contributed by atoms with Crippen LogP contribution in [0.1, 0.15) is 11.1 Å². The van der Waals surface area contributed by atoms with Crippen LogP contribution in [0.4, 0.5) is 0 Å². The third-order valence-electron chi connectivity index (χ3n) is 4.00. The lowest BCUT2D eigenvalue weighted by molar-refractivity contribution is 1.37. The largest absolute Gasteiger partial charge is 0.246 e. The lowest BCUT2D eigenvalue weighted by Gasteiger charge is -2.02. The van der Waals surface area contributed by atoms with Gasteiger partial charge in [-0.3, -0.25) is 0 Å². The Bertz CT molecular complexity index is 952. The van der Waals surface area contributed by atoms with E-state index >= 15 is 0 Å². The molecule has 2 aromatic heterocycles. The van der Waals surface area contributed by atoms with Gasteiger partial charge in [0.2, 0.25) is 0 Å². The van der Waals surface area contributed by atoms with Gasteiger partial charge in [0.15, 0.2) is 0 Å². The van der Waals surface area contributed by atoms with Gasteiger partial charge < -0.3 is 0 Å². The van der Waals surface area contributed by atoms with E-state index in [2.05, 4.69) is 62.4 Å². The Morgan fingerprint density at radius 1 is 0.810 bits per heavy atom. The highest BCUT2D eigenvalue weighted by molar-refractivity contribution is 7.25. The first-order valence-corrected chi connectivity index (χ1v) is 7.90. The fourth-order valence-electron chi connectivity index (χ4n) is 2.67. The summed E-state index contributed by atoms with van der Waals surface area (Å²) < 4.78 is 2.58. The van der Waals surface area contributed by atoms with Gasteiger partial charge in [-0.25, -0.2) is 4.98 Å². The molecule has 4 rings (SSSR count). The summed E-state index contributed by atoms with van der Waals surface area (Å²) in [6.07, 6.45) is 0. The highest BCUT2D eigenvalue weighted by Crippen LogP contribution is 2.35. The van der Waals surface area contributed by atoms with E-state index in [1.165, 1.54) is 31.5 Å². The Morgan fingerprint density at radius 2 is 1.57 bits per heavy atom. The van der Waals surface area contributed by atoms with E-state index in [0.717, 1.165) is 11.2 Å². The summed E-state index contributed by atoms with van der Waals surface area (Å²) in [5.74, 6) is 0. The molecule has 0 N–H and O–H groups in total. The van der Waals surface area contributed by atoms with Crippen molar-refractivity contribution in [2.24, 2.45) is 0 Å². The average Bonchev–Trinajstić information content (AvgIpc) is 2.85. The Hall–Kier alpha value is -2.19. The van der Waals surface area contributed by atoms with Gasteiger partial charge in [0.05, 0.1) is 15.9 Å². The molecular formula is C19H15NS. The molecule has 0 atom stereocenters. The fraction of sp³-hybridized carbons (Fsp3) is 0.105.